The van der Waals surface area contributed by atoms with E-state index in [9.17, 15) is 4.79 Å². The van der Waals surface area contributed by atoms with Gasteiger partial charge >= 0.3 is 5.97 Å². The summed E-state index contributed by atoms with van der Waals surface area (Å²) in [4.78, 5) is 10.7. The van der Waals surface area contributed by atoms with Gasteiger partial charge in [-0.25, -0.2) is 4.79 Å². The number of carbonyl (C=O) groups is 1. The average molecular weight is 168 g/mol. The van der Waals surface area contributed by atoms with Crippen molar-refractivity contribution in [2.24, 2.45) is 0 Å². The van der Waals surface area contributed by atoms with Crippen LogP contribution in [0.15, 0.2) is 23.8 Å². The van der Waals surface area contributed by atoms with E-state index in [2.05, 4.69) is 6.58 Å². The van der Waals surface area contributed by atoms with E-state index in [1.54, 1.807) is 0 Å². The fourth-order valence-corrected chi connectivity index (χ4v) is 0.817. The first-order valence-electron chi connectivity index (χ1n) is 4.06. The Hall–Kier alpha value is -1.05. The third-order valence-corrected chi connectivity index (χ3v) is 1.69. The number of hydrogen-bond donors (Lipinski definition) is 0. The predicted octanol–water partition coefficient (Wildman–Crippen LogP) is 2.46. The Morgan fingerprint density at radius 3 is 2.42 bits per heavy atom. The first-order valence-corrected chi connectivity index (χ1v) is 4.06. The van der Waals surface area contributed by atoms with Crippen molar-refractivity contribution in [3.63, 3.8) is 0 Å². The van der Waals surface area contributed by atoms with Crippen molar-refractivity contribution < 1.29 is 9.53 Å². The Balaban J connectivity index is 3.99. The highest BCUT2D eigenvalue weighted by Gasteiger charge is 2.00. The van der Waals surface area contributed by atoms with Crippen molar-refractivity contribution in [3.8, 4) is 0 Å². The van der Waals surface area contributed by atoms with Gasteiger partial charge in [-0.05, 0) is 25.8 Å². The number of allylic oxidation sites excluding steroid dienone is 1. The summed E-state index contributed by atoms with van der Waals surface area (Å²) in [7, 11) is 0. The molecule has 0 N–H and O–H groups in total. The van der Waals surface area contributed by atoms with Gasteiger partial charge < -0.3 is 4.74 Å². The van der Waals surface area contributed by atoms with Gasteiger partial charge in [0, 0.05) is 6.08 Å². The van der Waals surface area contributed by atoms with E-state index < -0.39 is 0 Å². The number of rotatable bonds is 4. The lowest BCUT2D eigenvalue weighted by Gasteiger charge is -2.06. The van der Waals surface area contributed by atoms with E-state index >= 15 is 0 Å². The maximum atomic E-state index is 10.7. The minimum absolute atomic E-state index is 0.359. The lowest BCUT2D eigenvalue weighted by Crippen LogP contribution is -2.04. The molecule has 0 saturated carbocycles. The quantitative estimate of drug-likeness (QED) is 0.366. The summed E-state index contributed by atoms with van der Waals surface area (Å²) in [6.45, 7) is 9.79. The van der Waals surface area contributed by atoms with Crippen LogP contribution in [0.5, 0.6) is 0 Å². The van der Waals surface area contributed by atoms with Gasteiger partial charge in [-0.2, -0.15) is 0 Å². The third kappa shape index (κ3) is 3.96. The smallest absolute Gasteiger partial charge is 0.330 e. The Bertz CT molecular complexity index is 198. The monoisotopic (exact) mass is 168 g/mol. The molecule has 0 atom stereocenters. The zero-order chi connectivity index (χ0) is 9.56. The Morgan fingerprint density at radius 1 is 1.50 bits per heavy atom. The van der Waals surface area contributed by atoms with Crippen LogP contribution >= 0.6 is 0 Å². The summed E-state index contributed by atoms with van der Waals surface area (Å²) in [6, 6.07) is 0. The minimum atomic E-state index is -0.359. The summed E-state index contributed by atoms with van der Waals surface area (Å²) < 4.78 is 4.89. The van der Waals surface area contributed by atoms with Crippen LogP contribution in [0, 0.1) is 0 Å². The molecule has 0 heterocycles. The van der Waals surface area contributed by atoms with E-state index in [1.807, 2.05) is 20.8 Å². The zero-order valence-electron chi connectivity index (χ0n) is 8.02. The number of carbonyl (C=O) groups excluding carboxylic acids is 1. The molecule has 0 aromatic rings. The summed E-state index contributed by atoms with van der Waals surface area (Å²) >= 11 is 0. The van der Waals surface area contributed by atoms with Crippen LogP contribution in [0.4, 0.5) is 0 Å². The molecule has 0 rings (SSSR count). The summed E-state index contributed by atoms with van der Waals surface area (Å²) in [5.41, 5.74) is 2.39. The largest absolute Gasteiger partial charge is 0.458 e. The van der Waals surface area contributed by atoms with Crippen molar-refractivity contribution >= 4 is 5.97 Å². The van der Waals surface area contributed by atoms with Crippen molar-refractivity contribution in [1.29, 1.82) is 0 Å². The van der Waals surface area contributed by atoms with E-state index in [4.69, 9.17) is 4.74 Å². The molecule has 0 fully saturated rings. The second kappa shape index (κ2) is 5.58. The van der Waals surface area contributed by atoms with Crippen molar-refractivity contribution in [2.75, 3.05) is 6.61 Å². The maximum absolute atomic E-state index is 10.7. The van der Waals surface area contributed by atoms with Crippen LogP contribution in [0.25, 0.3) is 0 Å². The third-order valence-electron chi connectivity index (χ3n) is 1.69. The molecular weight excluding hydrogens is 152 g/mol. The molecule has 68 valence electrons. The van der Waals surface area contributed by atoms with Crippen LogP contribution < -0.4 is 0 Å². The first-order chi connectivity index (χ1) is 5.61. The van der Waals surface area contributed by atoms with E-state index in [1.165, 1.54) is 17.2 Å². The molecular formula is C10H16O2. The molecule has 0 bridgehead atoms. The first kappa shape index (κ1) is 11.0. The number of ether oxygens (including phenoxy) is 1. The highest BCUT2D eigenvalue weighted by molar-refractivity contribution is 5.81. The lowest BCUT2D eigenvalue weighted by molar-refractivity contribution is -0.136. The van der Waals surface area contributed by atoms with Crippen LogP contribution in [0.3, 0.4) is 0 Å². The second-order valence-corrected chi connectivity index (χ2v) is 2.77. The number of esters is 1. The predicted molar refractivity (Wildman–Crippen MR) is 49.8 cm³/mol. The van der Waals surface area contributed by atoms with Gasteiger partial charge in [0.2, 0.25) is 0 Å². The molecule has 0 aliphatic carbocycles. The molecule has 2 nitrogen and oxygen atoms in total. The molecule has 12 heavy (non-hydrogen) atoms. The SMILES string of the molecule is C=CC(=O)OCC(CC)=C(C)C. The van der Waals surface area contributed by atoms with Gasteiger partial charge in [-0.15, -0.1) is 0 Å². The molecule has 2 heteroatoms. The maximum Gasteiger partial charge on any atom is 0.330 e. The molecule has 0 aliphatic heterocycles. The summed E-state index contributed by atoms with van der Waals surface area (Å²) in [5, 5.41) is 0. The highest BCUT2D eigenvalue weighted by Crippen LogP contribution is 2.07. The average Bonchev–Trinajstić information content (AvgIpc) is 2.04. The van der Waals surface area contributed by atoms with E-state index in [-0.39, 0.29) is 5.97 Å². The Kier molecular flexibility index (Phi) is 5.09. The van der Waals surface area contributed by atoms with Gasteiger partial charge in [0.25, 0.3) is 0 Å². The van der Waals surface area contributed by atoms with E-state index in [0.29, 0.717) is 6.61 Å². The molecule has 0 aromatic carbocycles. The van der Waals surface area contributed by atoms with Crippen LogP contribution in [-0.4, -0.2) is 12.6 Å². The molecule has 0 spiro atoms. The Morgan fingerprint density at radius 2 is 2.08 bits per heavy atom. The zero-order valence-corrected chi connectivity index (χ0v) is 8.02. The fourth-order valence-electron chi connectivity index (χ4n) is 0.817. The molecule has 0 saturated heterocycles. The van der Waals surface area contributed by atoms with Crippen molar-refractivity contribution in [3.05, 3.63) is 23.8 Å². The molecule has 0 amide bonds. The second-order valence-electron chi connectivity index (χ2n) is 2.77. The van der Waals surface area contributed by atoms with Gasteiger partial charge in [0.1, 0.15) is 6.61 Å². The van der Waals surface area contributed by atoms with Crippen molar-refractivity contribution in [1.82, 2.24) is 0 Å². The fraction of sp³-hybridized carbons (Fsp3) is 0.500. The molecule has 0 aromatic heterocycles. The minimum Gasteiger partial charge on any atom is -0.458 e. The van der Waals surface area contributed by atoms with Crippen LogP contribution in [0.2, 0.25) is 0 Å². The summed E-state index contributed by atoms with van der Waals surface area (Å²) in [5.74, 6) is -0.359. The van der Waals surface area contributed by atoms with Crippen LogP contribution in [-0.2, 0) is 9.53 Å². The van der Waals surface area contributed by atoms with Gasteiger partial charge in [0.05, 0.1) is 0 Å². The highest BCUT2D eigenvalue weighted by atomic mass is 16.5. The standard InChI is InChI=1S/C10H16O2/c1-5-9(8(3)4)7-12-10(11)6-2/h6H,2,5,7H2,1,3-4H3. The number of hydrogen-bond acceptors (Lipinski definition) is 2. The normalized spacial score (nSPS) is 8.92. The summed E-state index contributed by atoms with van der Waals surface area (Å²) in [6.07, 6.45) is 2.10. The molecule has 0 unspecified atom stereocenters. The van der Waals surface area contributed by atoms with E-state index in [0.717, 1.165) is 6.42 Å². The van der Waals surface area contributed by atoms with Gasteiger partial charge in [0.15, 0.2) is 0 Å². The lowest BCUT2D eigenvalue weighted by atomic mass is 10.1. The van der Waals surface area contributed by atoms with Gasteiger partial charge in [-0.1, -0.05) is 19.1 Å². The van der Waals surface area contributed by atoms with Crippen molar-refractivity contribution in [2.45, 2.75) is 27.2 Å². The Labute approximate surface area is 73.9 Å². The van der Waals surface area contributed by atoms with Gasteiger partial charge in [-0.3, -0.25) is 0 Å². The molecule has 0 aliphatic rings. The molecule has 0 radical (unpaired) electrons. The van der Waals surface area contributed by atoms with Crippen LogP contribution in [0.1, 0.15) is 27.2 Å². The topological polar surface area (TPSA) is 26.3 Å².